The van der Waals surface area contributed by atoms with Gasteiger partial charge in [-0.05, 0) is 36.4 Å². The van der Waals surface area contributed by atoms with Gasteiger partial charge in [-0.25, -0.2) is 0 Å². The molecular weight excluding hydrogens is 308 g/mol. The molecular formula is C16H14N6S. The van der Waals surface area contributed by atoms with Crippen molar-refractivity contribution >= 4 is 22.0 Å². The minimum absolute atomic E-state index is 0.731. The maximum atomic E-state index is 4.67. The zero-order valence-electron chi connectivity index (χ0n) is 12.7. The average Bonchev–Trinajstić information content (AvgIpc) is 3.16. The summed E-state index contributed by atoms with van der Waals surface area (Å²) >= 11 is 1.53. The summed E-state index contributed by atoms with van der Waals surface area (Å²) < 4.78 is 1.79. The van der Waals surface area contributed by atoms with Gasteiger partial charge in [-0.2, -0.15) is 9.61 Å². The van der Waals surface area contributed by atoms with E-state index in [9.17, 15) is 0 Å². The van der Waals surface area contributed by atoms with Crippen LogP contribution in [-0.2, 0) is 0 Å². The Morgan fingerprint density at radius 2 is 1.65 bits per heavy atom. The van der Waals surface area contributed by atoms with E-state index in [2.05, 4.69) is 49.4 Å². The SMILES string of the molecule is CN(C)c1ccc(-c2nn3c(-c4ccncc4)nnc3s2)cc1. The number of anilines is 1. The van der Waals surface area contributed by atoms with Gasteiger partial charge in [-0.1, -0.05) is 11.3 Å². The summed E-state index contributed by atoms with van der Waals surface area (Å²) in [6.07, 6.45) is 3.48. The molecule has 0 aliphatic heterocycles. The van der Waals surface area contributed by atoms with Crippen LogP contribution in [0.2, 0.25) is 0 Å². The maximum absolute atomic E-state index is 4.67. The number of rotatable bonds is 3. The molecule has 0 bridgehead atoms. The molecule has 0 unspecified atom stereocenters. The molecule has 0 saturated heterocycles. The van der Waals surface area contributed by atoms with Crippen molar-refractivity contribution < 1.29 is 0 Å². The number of fused-ring (bicyclic) bond motifs is 1. The van der Waals surface area contributed by atoms with E-state index in [1.807, 2.05) is 26.2 Å². The van der Waals surface area contributed by atoms with Crippen LogP contribution in [0, 0.1) is 0 Å². The highest BCUT2D eigenvalue weighted by Crippen LogP contribution is 2.28. The predicted molar refractivity (Wildman–Crippen MR) is 91.7 cm³/mol. The summed E-state index contributed by atoms with van der Waals surface area (Å²) in [4.78, 5) is 6.89. The predicted octanol–water partition coefficient (Wildman–Crippen LogP) is 2.98. The molecule has 0 amide bonds. The number of pyridine rings is 1. The highest BCUT2D eigenvalue weighted by atomic mass is 32.1. The first kappa shape index (κ1) is 13.8. The van der Waals surface area contributed by atoms with E-state index in [4.69, 9.17) is 0 Å². The van der Waals surface area contributed by atoms with Crippen LogP contribution in [0.1, 0.15) is 0 Å². The summed E-state index contributed by atoms with van der Waals surface area (Å²) in [5, 5.41) is 14.0. The van der Waals surface area contributed by atoms with Gasteiger partial charge in [0.15, 0.2) is 5.82 Å². The minimum atomic E-state index is 0.731. The van der Waals surface area contributed by atoms with E-state index in [-0.39, 0.29) is 0 Å². The molecule has 0 radical (unpaired) electrons. The molecule has 0 fully saturated rings. The Morgan fingerprint density at radius 1 is 0.913 bits per heavy atom. The topological polar surface area (TPSA) is 59.2 Å². The first-order valence-corrected chi connectivity index (χ1v) is 7.94. The minimum Gasteiger partial charge on any atom is -0.378 e. The molecule has 7 heteroatoms. The molecule has 0 aliphatic carbocycles. The average molecular weight is 322 g/mol. The molecule has 4 aromatic rings. The first-order valence-electron chi connectivity index (χ1n) is 7.13. The van der Waals surface area contributed by atoms with E-state index < -0.39 is 0 Å². The fraction of sp³-hybridized carbons (Fsp3) is 0.125. The second-order valence-electron chi connectivity index (χ2n) is 5.30. The van der Waals surface area contributed by atoms with Gasteiger partial charge in [0.2, 0.25) is 4.96 Å². The Bertz CT molecular complexity index is 940. The molecule has 3 aromatic heterocycles. The summed E-state index contributed by atoms with van der Waals surface area (Å²) in [7, 11) is 4.05. The fourth-order valence-electron chi connectivity index (χ4n) is 2.32. The van der Waals surface area contributed by atoms with Crippen molar-refractivity contribution in [1.82, 2.24) is 24.8 Å². The Kier molecular flexibility index (Phi) is 3.27. The van der Waals surface area contributed by atoms with E-state index >= 15 is 0 Å². The maximum Gasteiger partial charge on any atom is 0.235 e. The van der Waals surface area contributed by atoms with Crippen LogP contribution >= 0.6 is 11.3 Å². The van der Waals surface area contributed by atoms with E-state index in [0.717, 1.165) is 32.6 Å². The molecule has 0 aliphatic rings. The van der Waals surface area contributed by atoms with Crippen molar-refractivity contribution in [3.8, 4) is 22.0 Å². The Balaban J connectivity index is 1.76. The fourth-order valence-corrected chi connectivity index (χ4v) is 3.16. The van der Waals surface area contributed by atoms with Crippen LogP contribution in [0.25, 0.3) is 26.9 Å². The zero-order valence-corrected chi connectivity index (χ0v) is 13.5. The second-order valence-corrected chi connectivity index (χ2v) is 6.26. The van der Waals surface area contributed by atoms with Crippen molar-refractivity contribution in [3.05, 3.63) is 48.8 Å². The van der Waals surface area contributed by atoms with Gasteiger partial charge >= 0.3 is 0 Å². The van der Waals surface area contributed by atoms with Gasteiger partial charge in [0.1, 0.15) is 5.01 Å². The Hall–Kier alpha value is -2.80. The van der Waals surface area contributed by atoms with Gasteiger partial charge in [-0.15, -0.1) is 10.2 Å². The Morgan fingerprint density at radius 3 is 2.35 bits per heavy atom. The molecule has 114 valence electrons. The van der Waals surface area contributed by atoms with Crippen molar-refractivity contribution in [2.24, 2.45) is 0 Å². The standard InChI is InChI=1S/C16H14N6S/c1-21(2)13-5-3-12(4-6-13)15-20-22-14(18-19-16(22)23-15)11-7-9-17-10-8-11/h3-10H,1-2H3. The quantitative estimate of drug-likeness (QED) is 0.580. The third-order valence-electron chi connectivity index (χ3n) is 3.56. The van der Waals surface area contributed by atoms with Crippen molar-refractivity contribution in [2.45, 2.75) is 0 Å². The van der Waals surface area contributed by atoms with Crippen LogP contribution in [0.5, 0.6) is 0 Å². The van der Waals surface area contributed by atoms with Crippen molar-refractivity contribution in [2.75, 3.05) is 19.0 Å². The number of hydrogen-bond donors (Lipinski definition) is 0. The van der Waals surface area contributed by atoms with Gasteiger partial charge < -0.3 is 4.90 Å². The van der Waals surface area contributed by atoms with E-state index in [1.165, 1.54) is 11.3 Å². The third-order valence-corrected chi connectivity index (χ3v) is 4.51. The van der Waals surface area contributed by atoms with Crippen molar-refractivity contribution in [1.29, 1.82) is 0 Å². The van der Waals surface area contributed by atoms with Crippen molar-refractivity contribution in [3.63, 3.8) is 0 Å². The molecule has 1 aromatic carbocycles. The molecule has 3 heterocycles. The molecule has 4 rings (SSSR count). The lowest BCUT2D eigenvalue weighted by atomic mass is 10.2. The smallest absolute Gasteiger partial charge is 0.235 e. The Labute approximate surface area is 137 Å². The lowest BCUT2D eigenvalue weighted by molar-refractivity contribution is 0.970. The van der Waals surface area contributed by atoms with E-state index in [0.29, 0.717) is 0 Å². The number of nitrogens with zero attached hydrogens (tertiary/aromatic N) is 6. The number of benzene rings is 1. The molecule has 0 saturated carbocycles. The lowest BCUT2D eigenvalue weighted by Gasteiger charge is -2.11. The van der Waals surface area contributed by atoms with Gasteiger partial charge in [0, 0.05) is 43.3 Å². The third kappa shape index (κ3) is 2.44. The number of aromatic nitrogens is 5. The highest BCUT2D eigenvalue weighted by Gasteiger charge is 2.14. The summed E-state index contributed by atoms with van der Waals surface area (Å²) in [5.41, 5.74) is 3.19. The zero-order chi connectivity index (χ0) is 15.8. The van der Waals surface area contributed by atoms with Crippen LogP contribution < -0.4 is 4.90 Å². The summed E-state index contributed by atoms with van der Waals surface area (Å²) in [6.45, 7) is 0. The van der Waals surface area contributed by atoms with Crippen LogP contribution in [0.15, 0.2) is 48.8 Å². The molecule has 23 heavy (non-hydrogen) atoms. The van der Waals surface area contributed by atoms with Gasteiger partial charge in [-0.3, -0.25) is 4.98 Å². The number of hydrogen-bond acceptors (Lipinski definition) is 6. The first-order chi connectivity index (χ1) is 11.2. The van der Waals surface area contributed by atoms with Crippen LogP contribution in [-0.4, -0.2) is 38.9 Å². The summed E-state index contributed by atoms with van der Waals surface area (Å²) in [6, 6.07) is 12.1. The van der Waals surface area contributed by atoms with Gasteiger partial charge in [0.25, 0.3) is 0 Å². The van der Waals surface area contributed by atoms with Crippen LogP contribution in [0.3, 0.4) is 0 Å². The summed E-state index contributed by atoms with van der Waals surface area (Å²) in [5.74, 6) is 0.731. The molecule has 0 atom stereocenters. The van der Waals surface area contributed by atoms with Crippen LogP contribution in [0.4, 0.5) is 5.69 Å². The molecule has 0 spiro atoms. The van der Waals surface area contributed by atoms with E-state index in [1.54, 1.807) is 16.9 Å². The monoisotopic (exact) mass is 322 g/mol. The second kappa shape index (κ2) is 5.44. The lowest BCUT2D eigenvalue weighted by Crippen LogP contribution is -2.07. The molecule has 0 N–H and O–H groups in total. The largest absolute Gasteiger partial charge is 0.378 e. The van der Waals surface area contributed by atoms with Gasteiger partial charge in [0.05, 0.1) is 0 Å². The normalized spacial score (nSPS) is 11.0. The highest BCUT2D eigenvalue weighted by molar-refractivity contribution is 7.19. The molecule has 6 nitrogen and oxygen atoms in total.